The Labute approximate surface area is 69.1 Å². The molecule has 10 heavy (non-hydrogen) atoms. The van der Waals surface area contributed by atoms with Crippen LogP contribution in [0.3, 0.4) is 0 Å². The van der Waals surface area contributed by atoms with Crippen molar-refractivity contribution in [3.63, 3.8) is 0 Å². The van der Waals surface area contributed by atoms with Crippen molar-refractivity contribution in [2.75, 3.05) is 12.3 Å². The molecule has 0 radical (unpaired) electrons. The molecule has 1 nitrogen and oxygen atoms in total. The van der Waals surface area contributed by atoms with Gasteiger partial charge in [0.2, 0.25) is 0 Å². The van der Waals surface area contributed by atoms with Gasteiger partial charge in [0, 0.05) is 12.3 Å². The molecule has 0 fully saturated rings. The van der Waals surface area contributed by atoms with Gasteiger partial charge in [0.05, 0.1) is 0 Å². The Bertz CT molecular complexity index is 49.2. The standard InChI is InChI=1S/C8H19NS/c1-3-5-6-8-10-9-7-4-2/h9H,3-8H2,1-2H3. The highest BCUT2D eigenvalue weighted by atomic mass is 32.2. The van der Waals surface area contributed by atoms with Crippen LogP contribution >= 0.6 is 11.9 Å². The summed E-state index contributed by atoms with van der Waals surface area (Å²) < 4.78 is 3.31. The second kappa shape index (κ2) is 9.31. The lowest BCUT2D eigenvalue weighted by atomic mass is 10.3. The van der Waals surface area contributed by atoms with E-state index in [4.69, 9.17) is 0 Å². The summed E-state index contributed by atoms with van der Waals surface area (Å²) in [4.78, 5) is 0. The van der Waals surface area contributed by atoms with Gasteiger partial charge in [0.25, 0.3) is 0 Å². The molecule has 0 aromatic rings. The summed E-state index contributed by atoms with van der Waals surface area (Å²) in [5.74, 6) is 1.27. The van der Waals surface area contributed by atoms with E-state index in [0.717, 1.165) is 6.54 Å². The normalized spacial score (nSPS) is 10.2. The summed E-state index contributed by atoms with van der Waals surface area (Å²) in [5, 5.41) is 0. The fraction of sp³-hybridized carbons (Fsp3) is 1.00. The van der Waals surface area contributed by atoms with Crippen molar-refractivity contribution in [2.45, 2.75) is 39.5 Å². The minimum absolute atomic E-state index is 1.15. The van der Waals surface area contributed by atoms with Crippen molar-refractivity contribution in [3.05, 3.63) is 0 Å². The zero-order valence-electron chi connectivity index (χ0n) is 7.15. The van der Waals surface area contributed by atoms with Gasteiger partial charge in [-0.3, -0.25) is 4.72 Å². The maximum absolute atomic E-state index is 3.31. The van der Waals surface area contributed by atoms with Crippen LogP contribution in [-0.4, -0.2) is 12.3 Å². The van der Waals surface area contributed by atoms with Crippen LogP contribution < -0.4 is 4.72 Å². The molecule has 0 saturated heterocycles. The molecule has 0 spiro atoms. The lowest BCUT2D eigenvalue weighted by Crippen LogP contribution is -2.04. The van der Waals surface area contributed by atoms with E-state index in [1.54, 1.807) is 0 Å². The Kier molecular flexibility index (Phi) is 9.60. The molecule has 2 heteroatoms. The molecule has 1 N–H and O–H groups in total. The first-order chi connectivity index (χ1) is 4.91. The summed E-state index contributed by atoms with van der Waals surface area (Å²) in [6.07, 6.45) is 5.30. The topological polar surface area (TPSA) is 12.0 Å². The smallest absolute Gasteiger partial charge is 0.00786 e. The number of nitrogens with one attached hydrogen (secondary N) is 1. The first-order valence-electron chi connectivity index (χ1n) is 4.26. The van der Waals surface area contributed by atoms with Gasteiger partial charge in [0.15, 0.2) is 0 Å². The van der Waals surface area contributed by atoms with Crippen LogP contribution in [0.4, 0.5) is 0 Å². The van der Waals surface area contributed by atoms with E-state index < -0.39 is 0 Å². The van der Waals surface area contributed by atoms with Crippen LogP contribution in [0.15, 0.2) is 0 Å². The first-order valence-corrected chi connectivity index (χ1v) is 5.25. The first kappa shape index (κ1) is 10.3. The van der Waals surface area contributed by atoms with E-state index in [1.807, 2.05) is 11.9 Å². The Morgan fingerprint density at radius 1 is 1.10 bits per heavy atom. The Hall–Kier alpha value is 0.310. The average Bonchev–Trinajstić information content (AvgIpc) is 1.97. The largest absolute Gasteiger partial charge is 0.264 e. The minimum atomic E-state index is 1.15. The summed E-state index contributed by atoms with van der Waals surface area (Å²) in [6.45, 7) is 5.58. The van der Waals surface area contributed by atoms with E-state index >= 15 is 0 Å². The van der Waals surface area contributed by atoms with Gasteiger partial charge < -0.3 is 0 Å². The van der Waals surface area contributed by atoms with Gasteiger partial charge in [-0.05, 0) is 12.8 Å². The highest BCUT2D eigenvalue weighted by Gasteiger charge is 1.86. The van der Waals surface area contributed by atoms with E-state index in [1.165, 1.54) is 31.4 Å². The molecule has 0 atom stereocenters. The van der Waals surface area contributed by atoms with Crippen LogP contribution in [0.5, 0.6) is 0 Å². The summed E-state index contributed by atoms with van der Waals surface area (Å²) in [5.41, 5.74) is 0. The van der Waals surface area contributed by atoms with Crippen LogP contribution in [0.2, 0.25) is 0 Å². The quantitative estimate of drug-likeness (QED) is 0.455. The lowest BCUT2D eigenvalue weighted by molar-refractivity contribution is 0.775. The van der Waals surface area contributed by atoms with Crippen molar-refractivity contribution in [3.8, 4) is 0 Å². The molecule has 0 aromatic carbocycles. The molecule has 62 valence electrons. The third kappa shape index (κ3) is 8.31. The maximum atomic E-state index is 3.31. The van der Waals surface area contributed by atoms with E-state index in [-0.39, 0.29) is 0 Å². The molecule has 0 aliphatic heterocycles. The van der Waals surface area contributed by atoms with Gasteiger partial charge >= 0.3 is 0 Å². The van der Waals surface area contributed by atoms with Crippen LogP contribution in [0, 0.1) is 0 Å². The monoisotopic (exact) mass is 161 g/mol. The molecule has 0 bridgehead atoms. The van der Waals surface area contributed by atoms with Crippen LogP contribution in [0.25, 0.3) is 0 Å². The zero-order chi connectivity index (χ0) is 7.66. The van der Waals surface area contributed by atoms with Crippen molar-refractivity contribution >= 4 is 11.9 Å². The Morgan fingerprint density at radius 3 is 2.50 bits per heavy atom. The fourth-order valence-corrected chi connectivity index (χ4v) is 1.51. The van der Waals surface area contributed by atoms with Gasteiger partial charge in [0.1, 0.15) is 0 Å². The predicted molar refractivity (Wildman–Crippen MR) is 50.3 cm³/mol. The molecule has 0 amide bonds. The summed E-state index contributed by atoms with van der Waals surface area (Å²) in [6, 6.07) is 0. The number of rotatable bonds is 7. The van der Waals surface area contributed by atoms with Crippen LogP contribution in [-0.2, 0) is 0 Å². The van der Waals surface area contributed by atoms with Crippen molar-refractivity contribution < 1.29 is 0 Å². The van der Waals surface area contributed by atoms with Crippen molar-refractivity contribution in [2.24, 2.45) is 0 Å². The molecule has 0 aliphatic carbocycles. The van der Waals surface area contributed by atoms with Gasteiger partial charge in [-0.15, -0.1) is 0 Å². The molecular weight excluding hydrogens is 142 g/mol. The number of hydrogen-bond acceptors (Lipinski definition) is 2. The third-order valence-electron chi connectivity index (χ3n) is 1.30. The molecule has 0 heterocycles. The fourth-order valence-electron chi connectivity index (χ4n) is 0.671. The van der Waals surface area contributed by atoms with E-state index in [2.05, 4.69) is 18.6 Å². The maximum Gasteiger partial charge on any atom is 0.00786 e. The Morgan fingerprint density at radius 2 is 1.90 bits per heavy atom. The third-order valence-corrected chi connectivity index (χ3v) is 2.21. The molecular formula is C8H19NS. The second-order valence-corrected chi connectivity index (χ2v) is 3.44. The highest BCUT2D eigenvalue weighted by molar-refractivity contribution is 7.97. The summed E-state index contributed by atoms with van der Waals surface area (Å²) in [7, 11) is 0. The van der Waals surface area contributed by atoms with Crippen LogP contribution in [0.1, 0.15) is 39.5 Å². The van der Waals surface area contributed by atoms with Gasteiger partial charge in [-0.25, -0.2) is 0 Å². The van der Waals surface area contributed by atoms with Crippen molar-refractivity contribution in [1.29, 1.82) is 0 Å². The SMILES string of the molecule is CCCCCSNCCC. The molecule has 0 rings (SSSR count). The predicted octanol–water partition coefficient (Wildman–Crippen LogP) is 2.82. The number of unbranched alkanes of at least 4 members (excludes halogenated alkanes) is 2. The lowest BCUT2D eigenvalue weighted by Gasteiger charge is -2.00. The molecule has 0 unspecified atom stereocenters. The molecule has 0 saturated carbocycles. The highest BCUT2D eigenvalue weighted by Crippen LogP contribution is 2.01. The van der Waals surface area contributed by atoms with Gasteiger partial charge in [-0.2, -0.15) is 0 Å². The van der Waals surface area contributed by atoms with Crippen molar-refractivity contribution in [1.82, 2.24) is 4.72 Å². The average molecular weight is 161 g/mol. The van der Waals surface area contributed by atoms with E-state index in [9.17, 15) is 0 Å². The number of hydrogen-bond donors (Lipinski definition) is 1. The minimum Gasteiger partial charge on any atom is -0.264 e. The second-order valence-electron chi connectivity index (χ2n) is 2.45. The summed E-state index contributed by atoms with van der Waals surface area (Å²) >= 11 is 1.87. The molecule has 0 aromatic heterocycles. The Balaban J connectivity index is 2.65. The van der Waals surface area contributed by atoms with E-state index in [0.29, 0.717) is 0 Å². The van der Waals surface area contributed by atoms with Gasteiger partial charge in [-0.1, -0.05) is 38.6 Å². The molecule has 0 aliphatic rings. The zero-order valence-corrected chi connectivity index (χ0v) is 7.97.